The van der Waals surface area contributed by atoms with Crippen LogP contribution >= 0.6 is 0 Å². The summed E-state index contributed by atoms with van der Waals surface area (Å²) in [5, 5.41) is 34.3. The molecule has 0 aliphatic carbocycles. The van der Waals surface area contributed by atoms with Crippen molar-refractivity contribution in [3.63, 3.8) is 0 Å². The molecule has 0 spiro atoms. The first-order chi connectivity index (χ1) is 6.91. The smallest absolute Gasteiger partial charge is 0.374 e. The van der Waals surface area contributed by atoms with Crippen molar-refractivity contribution in [3.8, 4) is 0 Å². The van der Waals surface area contributed by atoms with Gasteiger partial charge in [0.25, 0.3) is 0 Å². The fourth-order valence-corrected chi connectivity index (χ4v) is 0.699. The fourth-order valence-electron chi connectivity index (χ4n) is 0.699. The lowest BCUT2D eigenvalue weighted by molar-refractivity contribution is -0.0498. The quantitative estimate of drug-likeness (QED) is 0.429. The molecule has 1 aromatic heterocycles. The first kappa shape index (κ1) is 10.9. The molecule has 80 valence electrons. The van der Waals surface area contributed by atoms with Crippen molar-refractivity contribution in [2.45, 2.75) is 6.29 Å². The van der Waals surface area contributed by atoms with E-state index >= 15 is 0 Å². The molecule has 0 atom stereocenters. The zero-order valence-electron chi connectivity index (χ0n) is 7.02. The zero-order chi connectivity index (χ0) is 11.6. The first-order valence-electron chi connectivity index (χ1n) is 3.50. The summed E-state index contributed by atoms with van der Waals surface area (Å²) in [6, 6.07) is 0. The van der Waals surface area contributed by atoms with Crippen molar-refractivity contribution in [2.24, 2.45) is 0 Å². The van der Waals surface area contributed by atoms with Crippen molar-refractivity contribution >= 4 is 11.9 Å². The number of aromatic nitrogens is 3. The normalized spacial score (nSPS) is 10.3. The van der Waals surface area contributed by atoms with Gasteiger partial charge in [-0.15, -0.1) is 0 Å². The number of rotatable bonds is 3. The van der Waals surface area contributed by atoms with E-state index < -0.39 is 35.7 Å². The summed E-state index contributed by atoms with van der Waals surface area (Å²) in [4.78, 5) is 30.2. The minimum atomic E-state index is -2.16. The van der Waals surface area contributed by atoms with E-state index in [1.807, 2.05) is 0 Å². The summed E-state index contributed by atoms with van der Waals surface area (Å²) in [6.45, 7) is 0. The van der Waals surface area contributed by atoms with Gasteiger partial charge in [0.1, 0.15) is 0 Å². The second kappa shape index (κ2) is 3.94. The van der Waals surface area contributed by atoms with Crippen molar-refractivity contribution in [1.29, 1.82) is 0 Å². The average Bonchev–Trinajstić information content (AvgIpc) is 2.16. The van der Waals surface area contributed by atoms with Crippen LogP contribution in [0.1, 0.15) is 33.4 Å². The Morgan fingerprint density at radius 1 is 0.933 bits per heavy atom. The van der Waals surface area contributed by atoms with Gasteiger partial charge in [0.05, 0.1) is 0 Å². The van der Waals surface area contributed by atoms with Crippen molar-refractivity contribution in [3.05, 3.63) is 17.5 Å². The van der Waals surface area contributed by atoms with Crippen molar-refractivity contribution < 1.29 is 30.0 Å². The van der Waals surface area contributed by atoms with Crippen LogP contribution in [0.5, 0.6) is 0 Å². The molecular formula is C6H5N3O6. The topological polar surface area (TPSA) is 154 Å². The Hall–Kier alpha value is -2.13. The van der Waals surface area contributed by atoms with Gasteiger partial charge >= 0.3 is 11.9 Å². The van der Waals surface area contributed by atoms with Gasteiger partial charge in [0, 0.05) is 0 Å². The van der Waals surface area contributed by atoms with Gasteiger partial charge in [0.15, 0.2) is 5.82 Å². The molecule has 0 saturated carbocycles. The molecule has 1 rings (SSSR count). The van der Waals surface area contributed by atoms with Crippen LogP contribution in [0.3, 0.4) is 0 Å². The molecular weight excluding hydrogens is 210 g/mol. The lowest BCUT2D eigenvalue weighted by Crippen LogP contribution is -2.17. The standard InChI is InChI=1S/C6H5N3O6/c10-4(11)1-7-2(5(12)13)9-3(8-1)6(14)15/h4,10-11H,(H,12,13)(H,14,15). The van der Waals surface area contributed by atoms with Crippen LogP contribution in [0, 0.1) is 0 Å². The van der Waals surface area contributed by atoms with Gasteiger partial charge in [0.2, 0.25) is 17.9 Å². The largest absolute Gasteiger partial charge is 0.475 e. The van der Waals surface area contributed by atoms with E-state index in [-0.39, 0.29) is 0 Å². The number of aliphatic hydroxyl groups excluding tert-OH is 1. The molecule has 0 aliphatic rings. The number of carbonyl (C=O) groups is 2. The highest BCUT2D eigenvalue weighted by Gasteiger charge is 2.19. The third-order valence-electron chi connectivity index (χ3n) is 1.27. The molecule has 4 N–H and O–H groups in total. The molecule has 0 aliphatic heterocycles. The Bertz CT molecular complexity index is 385. The van der Waals surface area contributed by atoms with Crippen LogP contribution in [0.15, 0.2) is 0 Å². The van der Waals surface area contributed by atoms with E-state index in [1.54, 1.807) is 0 Å². The maximum atomic E-state index is 10.4. The molecule has 0 radical (unpaired) electrons. The number of hydrogen-bond acceptors (Lipinski definition) is 7. The highest BCUT2D eigenvalue weighted by molar-refractivity contribution is 5.87. The molecule has 15 heavy (non-hydrogen) atoms. The van der Waals surface area contributed by atoms with Gasteiger partial charge in [-0.05, 0) is 0 Å². The van der Waals surface area contributed by atoms with Crippen LogP contribution in [0.2, 0.25) is 0 Å². The number of carboxylic acids is 2. The van der Waals surface area contributed by atoms with Gasteiger partial charge in [-0.2, -0.15) is 4.98 Å². The van der Waals surface area contributed by atoms with E-state index in [1.165, 1.54) is 0 Å². The minimum absolute atomic E-state index is 0.736. The third-order valence-corrected chi connectivity index (χ3v) is 1.27. The molecule has 9 nitrogen and oxygen atoms in total. The fraction of sp³-hybridized carbons (Fsp3) is 0.167. The number of aromatic carboxylic acids is 2. The lowest BCUT2D eigenvalue weighted by atomic mass is 10.5. The predicted molar refractivity (Wildman–Crippen MR) is 40.9 cm³/mol. The Kier molecular flexibility index (Phi) is 2.87. The van der Waals surface area contributed by atoms with E-state index in [9.17, 15) is 9.59 Å². The second-order valence-corrected chi connectivity index (χ2v) is 2.32. The first-order valence-corrected chi connectivity index (χ1v) is 3.50. The predicted octanol–water partition coefficient (Wildman–Crippen LogP) is -1.75. The minimum Gasteiger partial charge on any atom is -0.475 e. The summed E-state index contributed by atoms with van der Waals surface area (Å²) in [6.07, 6.45) is -2.16. The Morgan fingerprint density at radius 2 is 1.33 bits per heavy atom. The maximum Gasteiger partial charge on any atom is 0.374 e. The van der Waals surface area contributed by atoms with E-state index in [0.717, 1.165) is 0 Å². The van der Waals surface area contributed by atoms with Gasteiger partial charge in [-0.25, -0.2) is 19.6 Å². The van der Waals surface area contributed by atoms with Gasteiger partial charge < -0.3 is 20.4 Å². The third kappa shape index (κ3) is 2.42. The van der Waals surface area contributed by atoms with Crippen molar-refractivity contribution in [1.82, 2.24) is 15.0 Å². The maximum absolute atomic E-state index is 10.4. The Labute approximate surface area is 81.7 Å². The number of aliphatic hydroxyl groups is 2. The summed E-state index contributed by atoms with van der Waals surface area (Å²) < 4.78 is 0. The number of hydrogen-bond donors (Lipinski definition) is 4. The van der Waals surface area contributed by atoms with Crippen LogP contribution in [-0.2, 0) is 0 Å². The van der Waals surface area contributed by atoms with E-state index in [4.69, 9.17) is 20.4 Å². The SMILES string of the molecule is O=C(O)c1nc(C(=O)O)nc(C(O)O)n1. The molecule has 1 aromatic rings. The highest BCUT2D eigenvalue weighted by Crippen LogP contribution is 2.04. The summed E-state index contributed by atoms with van der Waals surface area (Å²) >= 11 is 0. The van der Waals surface area contributed by atoms with E-state index in [2.05, 4.69) is 15.0 Å². The summed E-state index contributed by atoms with van der Waals surface area (Å²) in [5.74, 6) is -5.67. The monoisotopic (exact) mass is 215 g/mol. The van der Waals surface area contributed by atoms with E-state index in [0.29, 0.717) is 0 Å². The van der Waals surface area contributed by atoms with Crippen molar-refractivity contribution in [2.75, 3.05) is 0 Å². The Morgan fingerprint density at radius 3 is 1.60 bits per heavy atom. The Balaban J connectivity index is 3.32. The van der Waals surface area contributed by atoms with Crippen LogP contribution < -0.4 is 0 Å². The summed E-state index contributed by atoms with van der Waals surface area (Å²) in [5.41, 5.74) is 0. The zero-order valence-corrected chi connectivity index (χ0v) is 7.02. The van der Waals surface area contributed by atoms with Gasteiger partial charge in [-0.3, -0.25) is 0 Å². The second-order valence-electron chi connectivity index (χ2n) is 2.32. The molecule has 9 heteroatoms. The lowest BCUT2D eigenvalue weighted by Gasteiger charge is -2.03. The molecule has 0 saturated heterocycles. The molecule has 0 fully saturated rings. The van der Waals surface area contributed by atoms with Gasteiger partial charge in [-0.1, -0.05) is 0 Å². The van der Waals surface area contributed by atoms with Crippen LogP contribution in [0.4, 0.5) is 0 Å². The average molecular weight is 215 g/mol. The molecule has 0 amide bonds. The molecule has 0 aromatic carbocycles. The van der Waals surface area contributed by atoms with Crippen LogP contribution in [0.25, 0.3) is 0 Å². The molecule has 0 unspecified atom stereocenters. The highest BCUT2D eigenvalue weighted by atomic mass is 16.5. The molecule has 1 heterocycles. The van der Waals surface area contributed by atoms with Crippen LogP contribution in [-0.4, -0.2) is 47.3 Å². The molecule has 0 bridgehead atoms. The summed E-state index contributed by atoms with van der Waals surface area (Å²) in [7, 11) is 0. The number of carboxylic acid groups (broad SMARTS) is 2. The number of nitrogens with zero attached hydrogens (tertiary/aromatic N) is 3.